The van der Waals surface area contributed by atoms with Crippen molar-refractivity contribution in [1.29, 1.82) is 0 Å². The maximum absolute atomic E-state index is 12.2. The minimum atomic E-state index is -2.48. The average molecular weight is 250 g/mol. The minimum absolute atomic E-state index is 0.202. The second-order valence-corrected chi connectivity index (χ2v) is 4.18. The molecule has 0 saturated carbocycles. The fraction of sp³-hybridized carbons (Fsp3) is 0.917. The Morgan fingerprint density at radius 1 is 1.24 bits per heavy atom. The number of halogens is 2. The molecule has 1 amide bonds. The number of unbranched alkanes of at least 4 members (excludes halogenated alkanes) is 4. The maximum atomic E-state index is 12.2. The van der Waals surface area contributed by atoms with Crippen LogP contribution in [0, 0.1) is 0 Å². The number of carbonyl (C=O) groups excluding carboxylic acids is 1. The molecule has 0 unspecified atom stereocenters. The first kappa shape index (κ1) is 16.3. The number of amides is 1. The first-order valence-electron chi connectivity index (χ1n) is 6.37. The Bertz CT molecular complexity index is 201. The summed E-state index contributed by atoms with van der Waals surface area (Å²) in [5, 5.41) is 0. The second-order valence-electron chi connectivity index (χ2n) is 4.18. The molecule has 0 heterocycles. The van der Waals surface area contributed by atoms with Crippen LogP contribution in [-0.2, 0) is 4.79 Å². The van der Waals surface area contributed by atoms with Crippen LogP contribution in [-0.4, -0.2) is 36.9 Å². The molecule has 2 N–H and O–H groups in total. The van der Waals surface area contributed by atoms with Crippen molar-refractivity contribution in [3.8, 4) is 0 Å². The minimum Gasteiger partial charge on any atom is -0.336 e. The normalized spacial score (nSPS) is 10.9. The average Bonchev–Trinajstić information content (AvgIpc) is 2.27. The van der Waals surface area contributed by atoms with Crippen LogP contribution in [0.4, 0.5) is 8.78 Å². The number of alkyl halides is 2. The Kier molecular flexibility index (Phi) is 10.0. The van der Waals surface area contributed by atoms with Crippen LogP contribution >= 0.6 is 0 Å². The summed E-state index contributed by atoms with van der Waals surface area (Å²) in [6, 6.07) is 0. The third-order valence-electron chi connectivity index (χ3n) is 2.60. The quantitative estimate of drug-likeness (QED) is 0.605. The van der Waals surface area contributed by atoms with Gasteiger partial charge in [-0.3, -0.25) is 4.79 Å². The lowest BCUT2D eigenvalue weighted by Crippen LogP contribution is -2.38. The van der Waals surface area contributed by atoms with Crippen molar-refractivity contribution >= 4 is 5.91 Å². The molecule has 0 spiro atoms. The van der Waals surface area contributed by atoms with Gasteiger partial charge in [-0.15, -0.1) is 0 Å². The summed E-state index contributed by atoms with van der Waals surface area (Å²) in [4.78, 5) is 12.8. The topological polar surface area (TPSA) is 46.3 Å². The molecule has 0 aliphatic heterocycles. The van der Waals surface area contributed by atoms with E-state index < -0.39 is 13.0 Å². The molecule has 0 fully saturated rings. The van der Waals surface area contributed by atoms with Gasteiger partial charge >= 0.3 is 0 Å². The van der Waals surface area contributed by atoms with Gasteiger partial charge in [-0.1, -0.05) is 32.6 Å². The van der Waals surface area contributed by atoms with Gasteiger partial charge in [0.05, 0.1) is 6.54 Å². The molecule has 0 aromatic heterocycles. The fourth-order valence-corrected chi connectivity index (χ4v) is 1.68. The molecule has 0 aromatic carbocycles. The van der Waals surface area contributed by atoms with Crippen molar-refractivity contribution in [3.05, 3.63) is 0 Å². The van der Waals surface area contributed by atoms with Crippen LogP contribution < -0.4 is 5.73 Å². The number of hydrogen-bond acceptors (Lipinski definition) is 2. The molecular formula is C12H24F2N2O. The van der Waals surface area contributed by atoms with Crippen LogP contribution in [0.5, 0.6) is 0 Å². The molecule has 0 saturated heterocycles. The summed E-state index contributed by atoms with van der Waals surface area (Å²) >= 11 is 0. The van der Waals surface area contributed by atoms with Gasteiger partial charge in [0.1, 0.15) is 0 Å². The first-order chi connectivity index (χ1) is 8.11. The smallest absolute Gasteiger partial charge is 0.255 e. The first-order valence-corrected chi connectivity index (χ1v) is 6.37. The van der Waals surface area contributed by atoms with E-state index in [1.807, 2.05) is 0 Å². The molecule has 0 atom stereocenters. The van der Waals surface area contributed by atoms with Crippen molar-refractivity contribution in [2.45, 2.75) is 51.9 Å². The van der Waals surface area contributed by atoms with Gasteiger partial charge in [0.15, 0.2) is 0 Å². The standard InChI is InChI=1S/C12H24F2N2O/c1-2-3-4-5-6-7-12(17)16(9-8-15)10-11(13)14/h11H,2-10,15H2,1H3. The lowest BCUT2D eigenvalue weighted by atomic mass is 10.1. The summed E-state index contributed by atoms with van der Waals surface area (Å²) in [7, 11) is 0. The Labute approximate surface area is 102 Å². The Morgan fingerprint density at radius 2 is 1.88 bits per heavy atom. The summed E-state index contributed by atoms with van der Waals surface area (Å²) < 4.78 is 24.4. The molecule has 0 radical (unpaired) electrons. The third kappa shape index (κ3) is 9.03. The van der Waals surface area contributed by atoms with Crippen LogP contribution in [0.1, 0.15) is 45.4 Å². The molecule has 17 heavy (non-hydrogen) atoms. The highest BCUT2D eigenvalue weighted by Crippen LogP contribution is 2.08. The largest absolute Gasteiger partial charge is 0.336 e. The zero-order valence-corrected chi connectivity index (χ0v) is 10.6. The molecule has 0 rings (SSSR count). The van der Waals surface area contributed by atoms with Gasteiger partial charge in [0.2, 0.25) is 5.91 Å². The van der Waals surface area contributed by atoms with Gasteiger partial charge in [-0.2, -0.15) is 0 Å². The van der Waals surface area contributed by atoms with E-state index in [0.717, 1.165) is 32.1 Å². The second kappa shape index (κ2) is 10.4. The van der Waals surface area contributed by atoms with Gasteiger partial charge in [-0.05, 0) is 6.42 Å². The number of rotatable bonds is 10. The van der Waals surface area contributed by atoms with Crippen molar-refractivity contribution in [3.63, 3.8) is 0 Å². The SMILES string of the molecule is CCCCCCCC(=O)N(CCN)CC(F)F. The summed E-state index contributed by atoms with van der Waals surface area (Å²) in [6.07, 6.45) is 3.07. The van der Waals surface area contributed by atoms with Gasteiger partial charge in [-0.25, -0.2) is 8.78 Å². The van der Waals surface area contributed by atoms with E-state index in [9.17, 15) is 13.6 Å². The number of hydrogen-bond donors (Lipinski definition) is 1. The fourth-order valence-electron chi connectivity index (χ4n) is 1.68. The molecule has 3 nitrogen and oxygen atoms in total. The summed E-state index contributed by atoms with van der Waals surface area (Å²) in [6.45, 7) is 2.08. The van der Waals surface area contributed by atoms with Crippen LogP contribution in [0.3, 0.4) is 0 Å². The Hall–Kier alpha value is -0.710. The maximum Gasteiger partial charge on any atom is 0.255 e. The van der Waals surface area contributed by atoms with E-state index in [1.165, 1.54) is 4.90 Å². The van der Waals surface area contributed by atoms with Crippen molar-refractivity contribution in [2.75, 3.05) is 19.6 Å². The van der Waals surface area contributed by atoms with E-state index >= 15 is 0 Å². The van der Waals surface area contributed by atoms with E-state index in [2.05, 4.69) is 6.92 Å². The molecule has 0 bridgehead atoms. The lowest BCUT2D eigenvalue weighted by molar-refractivity contribution is -0.133. The third-order valence-corrected chi connectivity index (χ3v) is 2.60. The predicted octanol–water partition coefficient (Wildman–Crippen LogP) is 2.40. The summed E-state index contributed by atoms with van der Waals surface area (Å²) in [5.41, 5.74) is 5.30. The van der Waals surface area contributed by atoms with Crippen LogP contribution in [0.15, 0.2) is 0 Å². The lowest BCUT2D eigenvalue weighted by Gasteiger charge is -2.21. The number of nitrogens with two attached hydrogens (primary N) is 1. The number of carbonyl (C=O) groups is 1. The predicted molar refractivity (Wildman–Crippen MR) is 65.0 cm³/mol. The molecular weight excluding hydrogens is 226 g/mol. The highest BCUT2D eigenvalue weighted by Gasteiger charge is 2.16. The summed E-state index contributed by atoms with van der Waals surface area (Å²) in [5.74, 6) is -0.202. The number of nitrogens with zero attached hydrogens (tertiary/aromatic N) is 1. The van der Waals surface area contributed by atoms with E-state index in [1.54, 1.807) is 0 Å². The molecule has 0 aromatic rings. The van der Waals surface area contributed by atoms with Crippen LogP contribution in [0.2, 0.25) is 0 Å². The Morgan fingerprint density at radius 3 is 2.41 bits per heavy atom. The van der Waals surface area contributed by atoms with E-state index in [-0.39, 0.29) is 19.0 Å². The van der Waals surface area contributed by atoms with Crippen molar-refractivity contribution < 1.29 is 13.6 Å². The molecule has 102 valence electrons. The van der Waals surface area contributed by atoms with Gasteiger partial charge < -0.3 is 10.6 Å². The highest BCUT2D eigenvalue weighted by molar-refractivity contribution is 5.76. The zero-order chi connectivity index (χ0) is 13.1. The monoisotopic (exact) mass is 250 g/mol. The van der Waals surface area contributed by atoms with Crippen LogP contribution in [0.25, 0.3) is 0 Å². The molecule has 0 aliphatic rings. The molecule has 5 heteroatoms. The molecule has 0 aliphatic carbocycles. The zero-order valence-electron chi connectivity index (χ0n) is 10.6. The van der Waals surface area contributed by atoms with Crippen molar-refractivity contribution in [2.24, 2.45) is 5.73 Å². The van der Waals surface area contributed by atoms with Gasteiger partial charge in [0, 0.05) is 19.5 Å². The van der Waals surface area contributed by atoms with Crippen molar-refractivity contribution in [1.82, 2.24) is 4.90 Å². The highest BCUT2D eigenvalue weighted by atomic mass is 19.3. The van der Waals surface area contributed by atoms with Gasteiger partial charge in [0.25, 0.3) is 6.43 Å². The van der Waals surface area contributed by atoms with E-state index in [0.29, 0.717) is 6.42 Å². The Balaban J connectivity index is 3.80. The van der Waals surface area contributed by atoms with E-state index in [4.69, 9.17) is 5.73 Å².